The van der Waals surface area contributed by atoms with E-state index in [1.54, 1.807) is 13.3 Å². The van der Waals surface area contributed by atoms with E-state index in [2.05, 4.69) is 25.3 Å². The molecule has 1 aliphatic carbocycles. The molecular formula is C23H23ClF4N6O2. The van der Waals surface area contributed by atoms with Crippen molar-refractivity contribution in [2.24, 2.45) is 11.8 Å². The van der Waals surface area contributed by atoms with E-state index in [4.69, 9.17) is 21.1 Å². The van der Waals surface area contributed by atoms with Gasteiger partial charge in [0.2, 0.25) is 11.8 Å². The summed E-state index contributed by atoms with van der Waals surface area (Å²) in [5, 5.41) is 7.06. The smallest absolute Gasteiger partial charge is 0.408 e. The van der Waals surface area contributed by atoms with E-state index in [-0.39, 0.29) is 40.6 Å². The lowest BCUT2D eigenvalue weighted by atomic mass is 9.92. The number of fused-ring (bicyclic) bond motifs is 2. The van der Waals surface area contributed by atoms with Crippen LogP contribution in [-0.2, 0) is 6.54 Å². The fourth-order valence-corrected chi connectivity index (χ4v) is 5.08. The van der Waals surface area contributed by atoms with Gasteiger partial charge >= 0.3 is 12.2 Å². The summed E-state index contributed by atoms with van der Waals surface area (Å²) in [5.74, 6) is 0.452. The van der Waals surface area contributed by atoms with Crippen molar-refractivity contribution in [3.63, 3.8) is 0 Å². The quantitative estimate of drug-likeness (QED) is 0.426. The van der Waals surface area contributed by atoms with Gasteiger partial charge in [-0.3, -0.25) is 0 Å². The fraction of sp³-hybridized carbons (Fsp3) is 0.435. The summed E-state index contributed by atoms with van der Waals surface area (Å²) in [7, 11) is 1.57. The van der Waals surface area contributed by atoms with Gasteiger partial charge in [-0.25, -0.2) is 14.1 Å². The molecule has 2 aromatic heterocycles. The van der Waals surface area contributed by atoms with Crippen LogP contribution in [0.3, 0.4) is 0 Å². The maximum absolute atomic E-state index is 13.5. The van der Waals surface area contributed by atoms with Crippen LogP contribution in [-0.4, -0.2) is 52.2 Å². The van der Waals surface area contributed by atoms with Crippen molar-refractivity contribution in [1.29, 1.82) is 0 Å². The van der Waals surface area contributed by atoms with Gasteiger partial charge in [0, 0.05) is 43.1 Å². The summed E-state index contributed by atoms with van der Waals surface area (Å²) in [6.07, 6.45) is -0.892. The van der Waals surface area contributed by atoms with Crippen molar-refractivity contribution in [2.75, 3.05) is 30.4 Å². The number of halogens is 5. The molecule has 1 aliphatic heterocycles. The number of hydrogen-bond acceptors (Lipinski definition) is 7. The molecule has 0 amide bonds. The van der Waals surface area contributed by atoms with E-state index in [1.165, 1.54) is 12.1 Å². The highest BCUT2D eigenvalue weighted by atomic mass is 35.5. The third-order valence-electron chi connectivity index (χ3n) is 6.49. The molecule has 3 aromatic rings. The lowest BCUT2D eigenvalue weighted by Gasteiger charge is -2.39. The summed E-state index contributed by atoms with van der Waals surface area (Å²) in [5.41, 5.74) is 1.01. The zero-order valence-electron chi connectivity index (χ0n) is 19.2. The molecule has 2 unspecified atom stereocenters. The molecule has 5 rings (SSSR count). The standard InChI is InChI=1S/C23H23ClF4N6O2/c1-35-19-8-15(6-7-29-19)33-10-13-2-3-14(11-33)20(13)30-21-31-22(34(32-21)12-23(26,27)28)36-16-4-5-18(25)17(24)9-16/h4-9,13-14,20H,2-3,10-12H2,1H3,(H,30,32). The van der Waals surface area contributed by atoms with Crippen molar-refractivity contribution in [3.8, 4) is 17.6 Å². The van der Waals surface area contributed by atoms with Crippen molar-refractivity contribution in [3.05, 3.63) is 47.4 Å². The molecule has 8 nitrogen and oxygen atoms in total. The van der Waals surface area contributed by atoms with Gasteiger partial charge in [-0.1, -0.05) is 11.6 Å². The predicted molar refractivity (Wildman–Crippen MR) is 124 cm³/mol. The number of alkyl halides is 3. The molecule has 13 heteroatoms. The number of anilines is 2. The zero-order valence-corrected chi connectivity index (χ0v) is 19.9. The van der Waals surface area contributed by atoms with Gasteiger partial charge in [-0.15, -0.1) is 5.10 Å². The molecular weight excluding hydrogens is 504 g/mol. The van der Waals surface area contributed by atoms with Crippen molar-refractivity contribution in [2.45, 2.75) is 31.6 Å². The Bertz CT molecular complexity index is 1230. The molecule has 2 bridgehead atoms. The summed E-state index contributed by atoms with van der Waals surface area (Å²) >= 11 is 5.77. The van der Waals surface area contributed by atoms with Crippen LogP contribution in [0.5, 0.6) is 17.6 Å². The van der Waals surface area contributed by atoms with Gasteiger partial charge in [0.25, 0.3) is 0 Å². The van der Waals surface area contributed by atoms with Gasteiger partial charge in [0.15, 0.2) is 0 Å². The second kappa shape index (κ2) is 9.64. The summed E-state index contributed by atoms with van der Waals surface area (Å²) in [6.45, 7) is 0.144. The molecule has 1 saturated carbocycles. The van der Waals surface area contributed by atoms with Crippen LogP contribution in [0.25, 0.3) is 0 Å². The molecule has 0 spiro atoms. The SMILES string of the molecule is COc1cc(N2CC3CCC(C2)C3Nc2nc(Oc3ccc(F)c(Cl)c3)n(CC(F)(F)F)n2)ccn1. The number of piperidine rings is 1. The Morgan fingerprint density at radius 3 is 2.56 bits per heavy atom. The van der Waals surface area contributed by atoms with E-state index < -0.39 is 18.5 Å². The number of methoxy groups -OCH3 is 1. The lowest BCUT2D eigenvalue weighted by molar-refractivity contribution is -0.143. The van der Waals surface area contributed by atoms with Crippen LogP contribution in [0.15, 0.2) is 36.5 Å². The fourth-order valence-electron chi connectivity index (χ4n) is 4.91. The average molecular weight is 527 g/mol. The Balaban J connectivity index is 1.34. The maximum Gasteiger partial charge on any atom is 0.408 e. The molecule has 3 heterocycles. The monoisotopic (exact) mass is 526 g/mol. The Kier molecular flexibility index (Phi) is 6.54. The second-order valence-electron chi connectivity index (χ2n) is 8.90. The summed E-state index contributed by atoms with van der Waals surface area (Å²) < 4.78 is 64.4. The number of pyridine rings is 1. The van der Waals surface area contributed by atoms with Gasteiger partial charge in [0.1, 0.15) is 18.1 Å². The normalized spacial score (nSPS) is 21.5. The van der Waals surface area contributed by atoms with E-state index in [1.807, 2.05) is 12.1 Å². The summed E-state index contributed by atoms with van der Waals surface area (Å²) in [6, 6.07) is 6.93. The first-order chi connectivity index (χ1) is 17.2. The second-order valence-corrected chi connectivity index (χ2v) is 9.31. The molecule has 2 aliphatic rings. The highest BCUT2D eigenvalue weighted by Crippen LogP contribution is 2.40. The highest BCUT2D eigenvalue weighted by molar-refractivity contribution is 6.30. The number of nitrogens with one attached hydrogen (secondary N) is 1. The van der Waals surface area contributed by atoms with Crippen LogP contribution in [0.4, 0.5) is 29.2 Å². The third-order valence-corrected chi connectivity index (χ3v) is 6.78. The third kappa shape index (κ3) is 5.28. The molecule has 1 N–H and O–H groups in total. The number of nitrogens with zero attached hydrogens (tertiary/aromatic N) is 5. The minimum atomic E-state index is -4.54. The molecule has 1 saturated heterocycles. The highest BCUT2D eigenvalue weighted by Gasteiger charge is 2.43. The van der Waals surface area contributed by atoms with Crippen molar-refractivity contribution in [1.82, 2.24) is 19.7 Å². The Labute approximate surface area is 209 Å². The van der Waals surface area contributed by atoms with Gasteiger partial charge < -0.3 is 19.7 Å². The van der Waals surface area contributed by atoms with Crippen molar-refractivity contribution >= 4 is 23.2 Å². The Hall–Kier alpha value is -3.28. The minimum absolute atomic E-state index is 0.000153. The number of hydrogen-bond donors (Lipinski definition) is 1. The molecule has 1 aromatic carbocycles. The number of benzene rings is 1. The minimum Gasteiger partial charge on any atom is -0.481 e. The first-order valence-electron chi connectivity index (χ1n) is 11.3. The van der Waals surface area contributed by atoms with Gasteiger partial charge in [-0.05, 0) is 42.9 Å². The molecule has 192 valence electrons. The van der Waals surface area contributed by atoms with Gasteiger partial charge in [-0.2, -0.15) is 18.2 Å². The lowest BCUT2D eigenvalue weighted by Crippen LogP contribution is -2.48. The van der Waals surface area contributed by atoms with Crippen LogP contribution in [0.1, 0.15) is 12.8 Å². The van der Waals surface area contributed by atoms with Gasteiger partial charge in [0.05, 0.1) is 12.1 Å². The first-order valence-corrected chi connectivity index (χ1v) is 11.7. The molecule has 2 atom stereocenters. The molecule has 36 heavy (non-hydrogen) atoms. The van der Waals surface area contributed by atoms with E-state index in [9.17, 15) is 17.6 Å². The van der Waals surface area contributed by atoms with E-state index >= 15 is 0 Å². The maximum atomic E-state index is 13.5. The number of rotatable bonds is 7. The van der Waals surface area contributed by atoms with Crippen LogP contribution < -0.4 is 19.7 Å². The van der Waals surface area contributed by atoms with Crippen LogP contribution >= 0.6 is 11.6 Å². The molecule has 0 radical (unpaired) electrons. The molecule has 2 fully saturated rings. The predicted octanol–water partition coefficient (Wildman–Crippen LogP) is 5.16. The van der Waals surface area contributed by atoms with Crippen LogP contribution in [0.2, 0.25) is 5.02 Å². The van der Waals surface area contributed by atoms with E-state index in [0.29, 0.717) is 10.6 Å². The largest absolute Gasteiger partial charge is 0.481 e. The Morgan fingerprint density at radius 1 is 1.14 bits per heavy atom. The first kappa shape index (κ1) is 24.4. The topological polar surface area (TPSA) is 77.3 Å². The Morgan fingerprint density at radius 2 is 1.89 bits per heavy atom. The summed E-state index contributed by atoms with van der Waals surface area (Å²) in [4.78, 5) is 10.6. The van der Waals surface area contributed by atoms with Crippen molar-refractivity contribution < 1.29 is 27.0 Å². The number of aromatic nitrogens is 4. The average Bonchev–Trinajstić information content (AvgIpc) is 3.29. The zero-order chi connectivity index (χ0) is 25.4. The number of ether oxygens (including phenoxy) is 2. The van der Waals surface area contributed by atoms with Crippen LogP contribution in [0, 0.1) is 17.7 Å². The van der Waals surface area contributed by atoms with E-state index in [0.717, 1.165) is 37.7 Å².